The van der Waals surface area contributed by atoms with Gasteiger partial charge in [-0.1, -0.05) is 18.2 Å². The van der Waals surface area contributed by atoms with E-state index in [9.17, 15) is 4.79 Å². The van der Waals surface area contributed by atoms with Crippen molar-refractivity contribution in [1.29, 1.82) is 0 Å². The number of likely N-dealkylation sites (tertiary alicyclic amines) is 1. The first-order chi connectivity index (χ1) is 10.7. The van der Waals surface area contributed by atoms with Crippen molar-refractivity contribution >= 4 is 5.91 Å². The average Bonchev–Trinajstić information content (AvgIpc) is 3.21. The third kappa shape index (κ3) is 2.20. The Morgan fingerprint density at radius 1 is 1.23 bits per heavy atom. The quantitative estimate of drug-likeness (QED) is 0.889. The van der Waals surface area contributed by atoms with Gasteiger partial charge in [-0.05, 0) is 17.9 Å². The van der Waals surface area contributed by atoms with Gasteiger partial charge in [0.15, 0.2) is 5.82 Å². The fourth-order valence-corrected chi connectivity index (χ4v) is 3.52. The number of aryl methyl sites for hydroxylation is 1. The number of nitrogens with one attached hydrogen (secondary N) is 1. The maximum absolute atomic E-state index is 12.9. The molecule has 6 nitrogen and oxygen atoms in total. The number of fused-ring (bicyclic) bond motifs is 1. The van der Waals surface area contributed by atoms with Crippen LogP contribution in [-0.4, -0.2) is 51.8 Å². The molecular formula is C16H19N5O. The summed E-state index contributed by atoms with van der Waals surface area (Å²) in [6.45, 7) is 3.75. The molecule has 1 aromatic heterocycles. The maximum atomic E-state index is 12.9. The molecule has 2 atom stereocenters. The van der Waals surface area contributed by atoms with Crippen molar-refractivity contribution in [2.75, 3.05) is 26.2 Å². The highest BCUT2D eigenvalue weighted by atomic mass is 16.2. The first-order valence-corrected chi connectivity index (χ1v) is 7.67. The lowest BCUT2D eigenvalue weighted by molar-refractivity contribution is 0.0782. The maximum Gasteiger partial charge on any atom is 0.254 e. The van der Waals surface area contributed by atoms with E-state index < -0.39 is 0 Å². The van der Waals surface area contributed by atoms with Crippen LogP contribution in [0, 0.1) is 11.8 Å². The molecule has 2 aliphatic rings. The monoisotopic (exact) mass is 297 g/mol. The first kappa shape index (κ1) is 13.5. The molecule has 2 aliphatic heterocycles. The van der Waals surface area contributed by atoms with Gasteiger partial charge in [0.1, 0.15) is 6.33 Å². The number of hydrogen-bond acceptors (Lipinski definition) is 4. The highest BCUT2D eigenvalue weighted by Gasteiger charge is 2.38. The van der Waals surface area contributed by atoms with Crippen molar-refractivity contribution in [3.05, 3.63) is 36.2 Å². The zero-order valence-electron chi connectivity index (χ0n) is 12.6. The summed E-state index contributed by atoms with van der Waals surface area (Å²) in [5.41, 5.74) is 1.50. The van der Waals surface area contributed by atoms with Gasteiger partial charge in [0.25, 0.3) is 5.91 Å². The lowest BCUT2D eigenvalue weighted by Crippen LogP contribution is -2.32. The average molecular weight is 297 g/mol. The number of nitrogens with zero attached hydrogens (tertiary/aromatic N) is 4. The van der Waals surface area contributed by atoms with E-state index in [4.69, 9.17) is 0 Å². The summed E-state index contributed by atoms with van der Waals surface area (Å²) in [5, 5.41) is 7.74. The summed E-state index contributed by atoms with van der Waals surface area (Å²) in [7, 11) is 1.83. The number of carbonyl (C=O) groups is 1. The number of carbonyl (C=O) groups excluding carboxylic acids is 1. The second kappa shape index (κ2) is 5.21. The molecule has 2 fully saturated rings. The number of benzene rings is 1. The molecule has 1 amide bonds. The van der Waals surface area contributed by atoms with Gasteiger partial charge in [0.05, 0.1) is 5.56 Å². The number of rotatable bonds is 2. The van der Waals surface area contributed by atoms with Crippen LogP contribution in [0.15, 0.2) is 30.6 Å². The molecule has 2 saturated heterocycles. The Morgan fingerprint density at radius 3 is 2.64 bits per heavy atom. The molecule has 0 saturated carbocycles. The van der Waals surface area contributed by atoms with E-state index in [0.717, 1.165) is 31.7 Å². The van der Waals surface area contributed by atoms with E-state index in [1.54, 1.807) is 11.0 Å². The van der Waals surface area contributed by atoms with E-state index in [1.807, 2.05) is 36.2 Å². The lowest BCUT2D eigenvalue weighted by Gasteiger charge is -2.18. The normalized spacial score (nSPS) is 23.8. The van der Waals surface area contributed by atoms with E-state index in [-0.39, 0.29) is 5.91 Å². The molecule has 22 heavy (non-hydrogen) atoms. The molecule has 0 spiro atoms. The minimum absolute atomic E-state index is 0.0949. The van der Waals surface area contributed by atoms with Gasteiger partial charge in [-0.3, -0.25) is 9.48 Å². The predicted molar refractivity (Wildman–Crippen MR) is 82.2 cm³/mol. The van der Waals surface area contributed by atoms with Crippen LogP contribution in [0.2, 0.25) is 0 Å². The zero-order chi connectivity index (χ0) is 15.1. The van der Waals surface area contributed by atoms with Crippen LogP contribution < -0.4 is 5.32 Å². The van der Waals surface area contributed by atoms with Crippen LogP contribution in [0.4, 0.5) is 0 Å². The molecule has 0 aliphatic carbocycles. The molecule has 1 aromatic carbocycles. The van der Waals surface area contributed by atoms with E-state index in [0.29, 0.717) is 23.2 Å². The fraction of sp³-hybridized carbons (Fsp3) is 0.438. The number of amides is 1. The van der Waals surface area contributed by atoms with Gasteiger partial charge < -0.3 is 10.2 Å². The van der Waals surface area contributed by atoms with Crippen molar-refractivity contribution in [2.24, 2.45) is 18.9 Å². The highest BCUT2D eigenvalue weighted by Crippen LogP contribution is 2.29. The lowest BCUT2D eigenvalue weighted by atomic mass is 10.0. The molecule has 1 N–H and O–H groups in total. The van der Waals surface area contributed by atoms with Crippen LogP contribution in [0.25, 0.3) is 11.4 Å². The summed E-state index contributed by atoms with van der Waals surface area (Å²) in [4.78, 5) is 19.2. The second-order valence-electron chi connectivity index (χ2n) is 6.18. The summed E-state index contributed by atoms with van der Waals surface area (Å²) in [6, 6.07) is 7.62. The third-order valence-corrected chi connectivity index (χ3v) is 4.67. The third-order valence-electron chi connectivity index (χ3n) is 4.67. The molecule has 0 bridgehead atoms. The Bertz CT molecular complexity index is 698. The first-order valence-electron chi connectivity index (χ1n) is 7.67. The van der Waals surface area contributed by atoms with Crippen LogP contribution in [0.3, 0.4) is 0 Å². The van der Waals surface area contributed by atoms with E-state index >= 15 is 0 Å². The van der Waals surface area contributed by atoms with Crippen LogP contribution >= 0.6 is 0 Å². The van der Waals surface area contributed by atoms with Crippen molar-refractivity contribution in [2.45, 2.75) is 0 Å². The Labute approximate surface area is 129 Å². The highest BCUT2D eigenvalue weighted by molar-refractivity contribution is 6.00. The van der Waals surface area contributed by atoms with Crippen LogP contribution in [0.1, 0.15) is 10.4 Å². The summed E-state index contributed by atoms with van der Waals surface area (Å²) >= 11 is 0. The van der Waals surface area contributed by atoms with Gasteiger partial charge in [-0.2, -0.15) is 5.10 Å². The SMILES string of the molecule is Cn1cnc(-c2ccccc2C(=O)N2CC3CNCC3C2)n1. The molecule has 2 aromatic rings. The molecular weight excluding hydrogens is 278 g/mol. The van der Waals surface area contributed by atoms with Gasteiger partial charge in [-0.15, -0.1) is 0 Å². The molecule has 4 rings (SSSR count). The Hall–Kier alpha value is -2.21. The molecule has 6 heteroatoms. The number of aromatic nitrogens is 3. The second-order valence-corrected chi connectivity index (χ2v) is 6.18. The molecule has 114 valence electrons. The van der Waals surface area contributed by atoms with Crippen molar-refractivity contribution in [1.82, 2.24) is 25.0 Å². The molecule has 2 unspecified atom stereocenters. The van der Waals surface area contributed by atoms with Gasteiger partial charge in [-0.25, -0.2) is 4.98 Å². The number of hydrogen-bond donors (Lipinski definition) is 1. The smallest absolute Gasteiger partial charge is 0.254 e. The standard InChI is InChI=1S/C16H19N5O/c1-20-10-18-15(19-20)13-4-2-3-5-14(13)16(22)21-8-11-6-17-7-12(11)9-21/h2-5,10-12,17H,6-9H2,1H3. The van der Waals surface area contributed by atoms with Crippen LogP contribution in [-0.2, 0) is 7.05 Å². The predicted octanol–water partition coefficient (Wildman–Crippen LogP) is 0.773. The van der Waals surface area contributed by atoms with Gasteiger partial charge in [0.2, 0.25) is 0 Å². The summed E-state index contributed by atoms with van der Waals surface area (Å²) in [5.74, 6) is 1.90. The van der Waals surface area contributed by atoms with Gasteiger partial charge >= 0.3 is 0 Å². The zero-order valence-corrected chi connectivity index (χ0v) is 12.6. The van der Waals surface area contributed by atoms with Gasteiger partial charge in [0, 0.05) is 38.8 Å². The minimum atomic E-state index is 0.0949. The fourth-order valence-electron chi connectivity index (χ4n) is 3.52. The van der Waals surface area contributed by atoms with E-state index in [2.05, 4.69) is 15.4 Å². The Kier molecular flexibility index (Phi) is 3.18. The Morgan fingerprint density at radius 2 is 1.95 bits per heavy atom. The topological polar surface area (TPSA) is 63.1 Å². The Balaban J connectivity index is 1.64. The van der Waals surface area contributed by atoms with Crippen molar-refractivity contribution in [3.8, 4) is 11.4 Å². The minimum Gasteiger partial charge on any atom is -0.338 e. The molecule has 0 radical (unpaired) electrons. The largest absolute Gasteiger partial charge is 0.338 e. The molecule has 3 heterocycles. The van der Waals surface area contributed by atoms with Crippen molar-refractivity contribution < 1.29 is 4.79 Å². The summed E-state index contributed by atoms with van der Waals surface area (Å²) < 4.78 is 1.66. The van der Waals surface area contributed by atoms with E-state index in [1.165, 1.54) is 0 Å². The van der Waals surface area contributed by atoms with Crippen LogP contribution in [0.5, 0.6) is 0 Å². The summed E-state index contributed by atoms with van der Waals surface area (Å²) in [6.07, 6.45) is 1.66. The van der Waals surface area contributed by atoms with Crippen molar-refractivity contribution in [3.63, 3.8) is 0 Å².